The van der Waals surface area contributed by atoms with Gasteiger partial charge in [0.15, 0.2) is 5.82 Å². The third kappa shape index (κ3) is 3.43. The normalized spacial score (nSPS) is 10.9. The van der Waals surface area contributed by atoms with Gasteiger partial charge in [0, 0.05) is 18.1 Å². The highest BCUT2D eigenvalue weighted by Crippen LogP contribution is 2.29. The van der Waals surface area contributed by atoms with Crippen molar-refractivity contribution < 1.29 is 8.78 Å². The maximum absolute atomic E-state index is 13.7. The van der Waals surface area contributed by atoms with Crippen molar-refractivity contribution in [3.63, 3.8) is 0 Å². The molecule has 0 saturated carbocycles. The number of hydrogen-bond donors (Lipinski definition) is 1. The summed E-state index contributed by atoms with van der Waals surface area (Å²) in [5.41, 5.74) is -0.0200. The first-order valence-electron chi connectivity index (χ1n) is 5.83. The molecule has 0 aliphatic carbocycles. The highest BCUT2D eigenvalue weighted by Gasteiger charge is 2.13. The van der Waals surface area contributed by atoms with Gasteiger partial charge in [0.1, 0.15) is 22.1 Å². The fourth-order valence-electron chi connectivity index (χ4n) is 1.55. The topological polar surface area (TPSA) is 37.8 Å². The lowest BCUT2D eigenvalue weighted by Gasteiger charge is -2.11. The Hall–Kier alpha value is -1.27. The number of halogens is 4. The van der Waals surface area contributed by atoms with Crippen LogP contribution in [0.3, 0.4) is 0 Å². The van der Waals surface area contributed by atoms with Crippen LogP contribution in [0.15, 0.2) is 22.8 Å². The number of hydrogen-bond acceptors (Lipinski definition) is 3. The zero-order chi connectivity index (χ0) is 14.9. The highest BCUT2D eigenvalue weighted by atomic mass is 79.9. The molecule has 0 aliphatic rings. The first kappa shape index (κ1) is 15.1. The van der Waals surface area contributed by atoms with Crippen LogP contribution in [-0.2, 0) is 0 Å². The van der Waals surface area contributed by atoms with Gasteiger partial charge in [0.25, 0.3) is 0 Å². The zero-order valence-electron chi connectivity index (χ0n) is 10.7. The number of nitrogens with zero attached hydrogens (tertiary/aromatic N) is 2. The van der Waals surface area contributed by atoms with Crippen molar-refractivity contribution in [2.24, 2.45) is 0 Å². The predicted octanol–water partition coefficient (Wildman–Crippen LogP) is 5.04. The Kier molecular flexibility index (Phi) is 4.55. The molecule has 7 heteroatoms. The lowest BCUT2D eigenvalue weighted by atomic mass is 10.2. The fraction of sp³-hybridized carbons (Fsp3) is 0.231. The van der Waals surface area contributed by atoms with Gasteiger partial charge >= 0.3 is 0 Å². The van der Waals surface area contributed by atoms with Crippen molar-refractivity contribution in [3.8, 4) is 0 Å². The Morgan fingerprint density at radius 2 is 1.90 bits per heavy atom. The lowest BCUT2D eigenvalue weighted by molar-refractivity contribution is 0.586. The molecule has 1 N–H and O–H groups in total. The average molecular weight is 363 g/mol. The molecule has 0 unspecified atom stereocenters. The van der Waals surface area contributed by atoms with Gasteiger partial charge in [-0.15, -0.1) is 0 Å². The van der Waals surface area contributed by atoms with E-state index in [9.17, 15) is 8.78 Å². The summed E-state index contributed by atoms with van der Waals surface area (Å²) in [5, 5.41) is 2.70. The maximum atomic E-state index is 13.7. The van der Waals surface area contributed by atoms with Gasteiger partial charge in [0.2, 0.25) is 0 Å². The first-order chi connectivity index (χ1) is 9.36. The van der Waals surface area contributed by atoms with Gasteiger partial charge in [-0.1, -0.05) is 25.4 Å². The van der Waals surface area contributed by atoms with Crippen molar-refractivity contribution in [2.45, 2.75) is 19.8 Å². The van der Waals surface area contributed by atoms with E-state index in [4.69, 9.17) is 11.6 Å². The standard InChI is InChI=1S/C13H11BrClF2N3/c1-6(2)13-18-10(14)5-11(20-13)19-12-8(15)3-7(16)4-9(12)17/h3-6H,1-2H3,(H,18,19,20). The Labute approximate surface area is 128 Å². The Balaban J connectivity index is 2.40. The quantitative estimate of drug-likeness (QED) is 0.778. The van der Waals surface area contributed by atoms with Crippen LogP contribution in [0.1, 0.15) is 25.6 Å². The molecule has 0 fully saturated rings. The van der Waals surface area contributed by atoms with E-state index in [0.717, 1.165) is 12.1 Å². The molecule has 2 rings (SSSR count). The summed E-state index contributed by atoms with van der Waals surface area (Å²) in [4.78, 5) is 8.47. The van der Waals surface area contributed by atoms with E-state index in [-0.39, 0.29) is 16.6 Å². The SMILES string of the molecule is CC(C)c1nc(Br)cc(Nc2c(F)cc(F)cc2Cl)n1. The molecule has 1 aromatic carbocycles. The number of nitrogens with one attached hydrogen (secondary N) is 1. The molecule has 1 aromatic heterocycles. The molecular formula is C13H11BrClF2N3. The van der Waals surface area contributed by atoms with Crippen LogP contribution in [0.25, 0.3) is 0 Å². The van der Waals surface area contributed by atoms with Crippen LogP contribution >= 0.6 is 27.5 Å². The minimum absolute atomic E-state index is 0.0200. The largest absolute Gasteiger partial charge is 0.336 e. The average Bonchev–Trinajstić information content (AvgIpc) is 2.33. The Morgan fingerprint density at radius 1 is 1.20 bits per heavy atom. The van der Waals surface area contributed by atoms with Crippen LogP contribution in [0.4, 0.5) is 20.3 Å². The molecule has 106 valence electrons. The lowest BCUT2D eigenvalue weighted by Crippen LogP contribution is -2.03. The minimum atomic E-state index is -0.782. The molecule has 2 aromatic rings. The molecule has 0 bridgehead atoms. The van der Waals surface area contributed by atoms with Crippen molar-refractivity contribution >= 4 is 39.0 Å². The third-order valence-corrected chi connectivity index (χ3v) is 3.19. The highest BCUT2D eigenvalue weighted by molar-refractivity contribution is 9.10. The second kappa shape index (κ2) is 6.01. The second-order valence-corrected chi connectivity index (χ2v) is 5.68. The summed E-state index contributed by atoms with van der Waals surface area (Å²) < 4.78 is 27.3. The van der Waals surface area contributed by atoms with Gasteiger partial charge in [0.05, 0.1) is 10.7 Å². The Morgan fingerprint density at radius 3 is 2.50 bits per heavy atom. The molecule has 0 saturated heterocycles. The van der Waals surface area contributed by atoms with E-state index < -0.39 is 11.6 Å². The maximum Gasteiger partial charge on any atom is 0.151 e. The summed E-state index contributed by atoms with van der Waals surface area (Å²) in [5.74, 6) is -0.425. The zero-order valence-corrected chi connectivity index (χ0v) is 13.1. The Bertz CT molecular complexity index is 627. The van der Waals surface area contributed by atoms with Crippen molar-refractivity contribution in [1.29, 1.82) is 0 Å². The predicted molar refractivity (Wildman–Crippen MR) is 78.5 cm³/mol. The van der Waals surface area contributed by atoms with E-state index in [1.54, 1.807) is 6.07 Å². The molecule has 0 amide bonds. The van der Waals surface area contributed by atoms with E-state index in [1.807, 2.05) is 13.8 Å². The smallest absolute Gasteiger partial charge is 0.151 e. The summed E-state index contributed by atoms with van der Waals surface area (Å²) in [6.07, 6.45) is 0. The summed E-state index contributed by atoms with van der Waals surface area (Å²) in [6, 6.07) is 3.38. The van der Waals surface area contributed by atoms with Crippen molar-refractivity contribution in [3.05, 3.63) is 45.3 Å². The van der Waals surface area contributed by atoms with Crippen LogP contribution in [0, 0.1) is 11.6 Å². The number of anilines is 2. The van der Waals surface area contributed by atoms with Crippen LogP contribution in [0.2, 0.25) is 5.02 Å². The fourth-order valence-corrected chi connectivity index (χ4v) is 2.19. The van der Waals surface area contributed by atoms with Crippen LogP contribution < -0.4 is 5.32 Å². The number of benzene rings is 1. The molecule has 0 radical (unpaired) electrons. The van der Waals surface area contributed by atoms with E-state index in [2.05, 4.69) is 31.2 Å². The monoisotopic (exact) mass is 361 g/mol. The minimum Gasteiger partial charge on any atom is -0.336 e. The summed E-state index contributed by atoms with van der Waals surface area (Å²) in [6.45, 7) is 3.88. The molecular weight excluding hydrogens is 352 g/mol. The van der Waals surface area contributed by atoms with Gasteiger partial charge in [-0.25, -0.2) is 18.7 Å². The van der Waals surface area contributed by atoms with Gasteiger partial charge in [-0.2, -0.15) is 0 Å². The van der Waals surface area contributed by atoms with Crippen molar-refractivity contribution in [2.75, 3.05) is 5.32 Å². The second-order valence-electron chi connectivity index (χ2n) is 4.46. The molecule has 3 nitrogen and oxygen atoms in total. The van der Waals surface area contributed by atoms with E-state index in [0.29, 0.717) is 16.2 Å². The molecule has 20 heavy (non-hydrogen) atoms. The number of rotatable bonds is 3. The molecule has 0 atom stereocenters. The van der Waals surface area contributed by atoms with Gasteiger partial charge in [-0.05, 0) is 22.0 Å². The summed E-state index contributed by atoms with van der Waals surface area (Å²) >= 11 is 9.09. The molecule has 1 heterocycles. The molecule has 0 spiro atoms. The van der Waals surface area contributed by atoms with Crippen LogP contribution in [0.5, 0.6) is 0 Å². The third-order valence-electron chi connectivity index (χ3n) is 2.49. The first-order valence-corrected chi connectivity index (χ1v) is 7.00. The van der Waals surface area contributed by atoms with Crippen LogP contribution in [-0.4, -0.2) is 9.97 Å². The summed E-state index contributed by atoms with van der Waals surface area (Å²) in [7, 11) is 0. The molecule has 0 aliphatic heterocycles. The van der Waals surface area contributed by atoms with Crippen molar-refractivity contribution in [1.82, 2.24) is 9.97 Å². The van der Waals surface area contributed by atoms with E-state index in [1.165, 1.54) is 0 Å². The van der Waals surface area contributed by atoms with Gasteiger partial charge in [-0.3, -0.25) is 0 Å². The van der Waals surface area contributed by atoms with Gasteiger partial charge < -0.3 is 5.32 Å². The number of aromatic nitrogens is 2. The van der Waals surface area contributed by atoms with E-state index >= 15 is 0 Å².